The number of hydrogen-bond acceptors (Lipinski definition) is 6. The number of nitrogen functional groups attached to an aromatic ring is 1. The van der Waals surface area contributed by atoms with Gasteiger partial charge in [-0.05, 0) is 44.8 Å². The van der Waals surface area contributed by atoms with E-state index in [4.69, 9.17) is 15.8 Å². The summed E-state index contributed by atoms with van der Waals surface area (Å²) in [7, 11) is 0. The van der Waals surface area contributed by atoms with Crippen molar-refractivity contribution in [1.29, 1.82) is 0 Å². The van der Waals surface area contributed by atoms with E-state index in [9.17, 15) is 4.79 Å². The third-order valence-corrected chi connectivity index (χ3v) is 5.37. The van der Waals surface area contributed by atoms with Gasteiger partial charge in [-0.15, -0.1) is 11.3 Å². The van der Waals surface area contributed by atoms with Crippen molar-refractivity contribution in [3.63, 3.8) is 0 Å². The maximum absolute atomic E-state index is 11.1. The number of carboxylic acids is 1. The highest BCUT2D eigenvalue weighted by atomic mass is 32.1. The summed E-state index contributed by atoms with van der Waals surface area (Å²) in [5, 5.41) is 14.2. The number of nitrogens with two attached hydrogens (primary N) is 1. The fourth-order valence-corrected chi connectivity index (χ4v) is 3.97. The minimum atomic E-state index is -0.927. The molecule has 134 valence electrons. The van der Waals surface area contributed by atoms with Gasteiger partial charge >= 0.3 is 5.97 Å². The molecular formula is C17H23N5O2S. The van der Waals surface area contributed by atoms with Gasteiger partial charge in [0.1, 0.15) is 0 Å². The fraction of sp³-hybridized carbons (Fsp3) is 0.471. The Hall–Kier alpha value is -2.19. The van der Waals surface area contributed by atoms with Crippen LogP contribution in [0.1, 0.15) is 30.1 Å². The van der Waals surface area contributed by atoms with Crippen molar-refractivity contribution >= 4 is 23.1 Å². The van der Waals surface area contributed by atoms with Gasteiger partial charge in [0.05, 0.1) is 22.3 Å². The number of rotatable bonds is 5. The Kier molecular flexibility index (Phi) is 5.50. The topological polar surface area (TPSA) is 106 Å². The van der Waals surface area contributed by atoms with Gasteiger partial charge in [0.2, 0.25) is 0 Å². The zero-order valence-corrected chi connectivity index (χ0v) is 15.1. The van der Waals surface area contributed by atoms with E-state index in [1.165, 1.54) is 24.2 Å². The molecule has 3 heterocycles. The number of piperidine rings is 1. The van der Waals surface area contributed by atoms with E-state index >= 15 is 0 Å². The zero-order valence-electron chi connectivity index (χ0n) is 14.2. The van der Waals surface area contributed by atoms with Crippen LogP contribution in [0.2, 0.25) is 0 Å². The molecule has 8 heteroatoms. The summed E-state index contributed by atoms with van der Waals surface area (Å²) in [5.74, 6) is -0.00416. The molecule has 0 unspecified atom stereocenters. The van der Waals surface area contributed by atoms with Crippen LogP contribution in [0.5, 0.6) is 0 Å². The average molecular weight is 361 g/mol. The van der Waals surface area contributed by atoms with Crippen LogP contribution in [0, 0.1) is 5.92 Å². The van der Waals surface area contributed by atoms with Gasteiger partial charge in [0.15, 0.2) is 11.3 Å². The molecule has 0 spiro atoms. The Bertz CT molecular complexity index is 821. The van der Waals surface area contributed by atoms with Gasteiger partial charge in [-0.25, -0.2) is 9.78 Å². The van der Waals surface area contributed by atoms with E-state index in [1.807, 2.05) is 11.5 Å². The first-order valence-corrected chi connectivity index (χ1v) is 9.36. The van der Waals surface area contributed by atoms with Gasteiger partial charge in [0, 0.05) is 18.5 Å². The lowest BCUT2D eigenvalue weighted by atomic mass is 10.0. The standard InChI is InChI=1S/C17H23N5O2S/c1-2-22-13(14-6-12(10-25-14)17(23)24)9-20-15(18)16(22)21-8-11-4-3-5-19-7-11/h6,9-11,19H,2-5,7-8H2,1H3,(H2,18,20)(H,23,24)/t11-/m0/s1. The number of aromatic carboxylic acids is 1. The largest absolute Gasteiger partial charge is 0.478 e. The Morgan fingerprint density at radius 2 is 2.44 bits per heavy atom. The van der Waals surface area contributed by atoms with Crippen LogP contribution < -0.4 is 16.5 Å². The lowest BCUT2D eigenvalue weighted by Gasteiger charge is -2.21. The Labute approximate surface area is 150 Å². The van der Waals surface area contributed by atoms with Crippen LogP contribution in [0.15, 0.2) is 22.6 Å². The molecular weight excluding hydrogens is 338 g/mol. The monoisotopic (exact) mass is 361 g/mol. The number of carbonyl (C=O) groups is 1. The molecule has 0 aliphatic carbocycles. The van der Waals surface area contributed by atoms with Crippen molar-refractivity contribution in [1.82, 2.24) is 14.9 Å². The van der Waals surface area contributed by atoms with Crippen molar-refractivity contribution in [2.45, 2.75) is 26.3 Å². The van der Waals surface area contributed by atoms with Crippen LogP contribution in [-0.2, 0) is 6.54 Å². The van der Waals surface area contributed by atoms with Gasteiger partial charge in [-0.3, -0.25) is 4.99 Å². The summed E-state index contributed by atoms with van der Waals surface area (Å²) >= 11 is 1.39. The van der Waals surface area contributed by atoms with Gasteiger partial charge < -0.3 is 20.7 Å². The van der Waals surface area contributed by atoms with E-state index < -0.39 is 5.97 Å². The summed E-state index contributed by atoms with van der Waals surface area (Å²) in [6.07, 6.45) is 4.04. The smallest absolute Gasteiger partial charge is 0.336 e. The second kappa shape index (κ2) is 7.79. The van der Waals surface area contributed by atoms with Crippen LogP contribution >= 0.6 is 11.3 Å². The molecule has 1 saturated heterocycles. The van der Waals surface area contributed by atoms with Crippen LogP contribution in [0.3, 0.4) is 0 Å². The van der Waals surface area contributed by atoms with E-state index in [2.05, 4.69) is 10.3 Å². The molecule has 7 nitrogen and oxygen atoms in total. The van der Waals surface area contributed by atoms with Crippen molar-refractivity contribution in [3.05, 3.63) is 28.7 Å². The molecule has 2 aromatic rings. The summed E-state index contributed by atoms with van der Waals surface area (Å²) < 4.78 is 2.01. The molecule has 1 aliphatic rings. The third kappa shape index (κ3) is 3.91. The Balaban J connectivity index is 1.98. The fourth-order valence-electron chi connectivity index (χ4n) is 3.07. The quantitative estimate of drug-likeness (QED) is 0.753. The number of aromatic nitrogens is 2. The van der Waals surface area contributed by atoms with E-state index in [0.29, 0.717) is 30.3 Å². The maximum atomic E-state index is 11.1. The van der Waals surface area contributed by atoms with E-state index in [0.717, 1.165) is 23.7 Å². The van der Waals surface area contributed by atoms with Gasteiger partial charge in [-0.2, -0.15) is 0 Å². The number of nitrogens with one attached hydrogen (secondary N) is 1. The number of anilines is 1. The second-order valence-corrected chi connectivity index (χ2v) is 7.07. The summed E-state index contributed by atoms with van der Waals surface area (Å²) in [6, 6.07) is 1.67. The molecule has 25 heavy (non-hydrogen) atoms. The van der Waals surface area contributed by atoms with Crippen molar-refractivity contribution in [3.8, 4) is 10.6 Å². The Morgan fingerprint density at radius 3 is 3.08 bits per heavy atom. The van der Waals surface area contributed by atoms with Crippen molar-refractivity contribution < 1.29 is 9.90 Å². The number of thiophene rings is 1. The molecule has 0 aromatic carbocycles. The van der Waals surface area contributed by atoms with E-state index in [-0.39, 0.29) is 5.56 Å². The molecule has 0 saturated carbocycles. The highest BCUT2D eigenvalue weighted by Gasteiger charge is 2.15. The molecule has 3 rings (SSSR count). The summed E-state index contributed by atoms with van der Waals surface area (Å²) in [6.45, 7) is 5.48. The zero-order chi connectivity index (χ0) is 17.8. The van der Waals surface area contributed by atoms with E-state index in [1.54, 1.807) is 17.6 Å². The molecule has 1 aliphatic heterocycles. The molecule has 0 bridgehead atoms. The van der Waals surface area contributed by atoms with Crippen LogP contribution in [0.25, 0.3) is 10.6 Å². The number of carboxylic acid groups (broad SMARTS) is 1. The minimum Gasteiger partial charge on any atom is -0.478 e. The minimum absolute atomic E-state index is 0.284. The number of hydrogen-bond donors (Lipinski definition) is 3. The Morgan fingerprint density at radius 1 is 1.60 bits per heavy atom. The highest BCUT2D eigenvalue weighted by molar-refractivity contribution is 7.13. The number of nitrogens with zero attached hydrogens (tertiary/aromatic N) is 3. The first-order valence-electron chi connectivity index (χ1n) is 8.48. The van der Waals surface area contributed by atoms with Crippen LogP contribution in [0.4, 0.5) is 5.82 Å². The molecule has 1 fully saturated rings. The SMILES string of the molecule is CCn1c(-c2cc(C(=O)O)cs2)cnc(N)c1=NC[C@H]1CCCNC1. The van der Waals surface area contributed by atoms with Crippen molar-refractivity contribution in [2.75, 3.05) is 25.4 Å². The normalized spacial score (nSPS) is 18.4. The molecule has 0 amide bonds. The van der Waals surface area contributed by atoms with Crippen molar-refractivity contribution in [2.24, 2.45) is 10.9 Å². The average Bonchev–Trinajstić information content (AvgIpc) is 3.11. The van der Waals surface area contributed by atoms with Gasteiger partial charge in [0.25, 0.3) is 0 Å². The first kappa shape index (κ1) is 17.6. The maximum Gasteiger partial charge on any atom is 0.336 e. The molecule has 2 aromatic heterocycles. The predicted octanol–water partition coefficient (Wildman–Crippen LogP) is 1.81. The summed E-state index contributed by atoms with van der Waals surface area (Å²) in [5.41, 5.74) is 7.88. The molecule has 4 N–H and O–H groups in total. The second-order valence-electron chi connectivity index (χ2n) is 6.15. The third-order valence-electron chi connectivity index (χ3n) is 4.41. The van der Waals surface area contributed by atoms with Gasteiger partial charge in [-0.1, -0.05) is 0 Å². The first-order chi connectivity index (χ1) is 12.1. The van der Waals surface area contributed by atoms with Crippen LogP contribution in [-0.4, -0.2) is 40.3 Å². The lowest BCUT2D eigenvalue weighted by Crippen LogP contribution is -2.33. The molecule has 0 radical (unpaired) electrons. The predicted molar refractivity (Wildman–Crippen MR) is 98.6 cm³/mol. The summed E-state index contributed by atoms with van der Waals surface area (Å²) in [4.78, 5) is 21.0. The highest BCUT2D eigenvalue weighted by Crippen LogP contribution is 2.26. The molecule has 1 atom stereocenters. The lowest BCUT2D eigenvalue weighted by molar-refractivity contribution is 0.0697.